The van der Waals surface area contributed by atoms with Crippen molar-refractivity contribution in [2.45, 2.75) is 24.5 Å². The van der Waals surface area contributed by atoms with Crippen molar-refractivity contribution in [2.24, 2.45) is 0 Å². The Kier molecular flexibility index (Phi) is 3.30. The van der Waals surface area contributed by atoms with E-state index in [0.717, 1.165) is 0 Å². The van der Waals surface area contributed by atoms with Crippen LogP contribution in [-0.2, 0) is 4.74 Å². The predicted molar refractivity (Wildman–Crippen MR) is 70.7 cm³/mol. The van der Waals surface area contributed by atoms with Crippen LogP contribution in [0.25, 0.3) is 11.2 Å². The van der Waals surface area contributed by atoms with Gasteiger partial charge in [-0.05, 0) is 6.08 Å². The molecule has 0 bridgehead atoms. The smallest absolute Gasteiger partial charge is 0.167 e. The summed E-state index contributed by atoms with van der Waals surface area (Å²) in [6.45, 7) is 0. The van der Waals surface area contributed by atoms with Crippen LogP contribution in [0.4, 0.5) is 5.82 Å². The number of aromatic nitrogens is 4. The highest BCUT2D eigenvalue weighted by atomic mass is 35.5. The molecular weight excluding hydrogens is 286 g/mol. The van der Waals surface area contributed by atoms with Crippen molar-refractivity contribution in [1.29, 1.82) is 0 Å². The lowest BCUT2D eigenvalue weighted by molar-refractivity contribution is -0.0244. The van der Waals surface area contributed by atoms with E-state index in [-0.39, 0.29) is 5.82 Å². The molecule has 0 aliphatic carbocycles. The summed E-state index contributed by atoms with van der Waals surface area (Å²) in [4.78, 5) is 12.0. The van der Waals surface area contributed by atoms with Crippen molar-refractivity contribution in [1.82, 2.24) is 19.5 Å². The van der Waals surface area contributed by atoms with Crippen LogP contribution < -0.4 is 5.73 Å². The number of anilines is 1. The van der Waals surface area contributed by atoms with Crippen molar-refractivity contribution >= 4 is 28.6 Å². The fraction of sp³-hybridized carbons (Fsp3) is 0.364. The Morgan fingerprint density at radius 3 is 2.85 bits per heavy atom. The fourth-order valence-corrected chi connectivity index (χ4v) is 2.35. The van der Waals surface area contributed by atoms with Crippen LogP contribution in [0, 0.1) is 0 Å². The van der Waals surface area contributed by atoms with E-state index >= 15 is 0 Å². The molecule has 8 nitrogen and oxygen atoms in total. The van der Waals surface area contributed by atoms with Gasteiger partial charge in [0.2, 0.25) is 0 Å². The first-order valence-corrected chi connectivity index (χ1v) is 6.28. The first kappa shape index (κ1) is 13.3. The van der Waals surface area contributed by atoms with Crippen molar-refractivity contribution in [3.8, 4) is 0 Å². The summed E-state index contributed by atoms with van der Waals surface area (Å²) in [5.41, 5.74) is 7.76. The lowest BCUT2D eigenvalue weighted by Gasteiger charge is -2.16. The second-order valence-corrected chi connectivity index (χ2v) is 4.63. The number of hydrogen-bond donors (Lipinski definition) is 3. The first-order valence-electron chi connectivity index (χ1n) is 5.85. The van der Waals surface area contributed by atoms with E-state index in [4.69, 9.17) is 22.1 Å². The van der Waals surface area contributed by atoms with Gasteiger partial charge in [-0.2, -0.15) is 0 Å². The van der Waals surface area contributed by atoms with Gasteiger partial charge in [-0.25, -0.2) is 15.0 Å². The van der Waals surface area contributed by atoms with E-state index < -0.39 is 24.5 Å². The van der Waals surface area contributed by atoms with Gasteiger partial charge in [0.15, 0.2) is 17.7 Å². The van der Waals surface area contributed by atoms with E-state index in [1.54, 1.807) is 0 Å². The van der Waals surface area contributed by atoms with Crippen LogP contribution in [0.1, 0.15) is 6.23 Å². The molecular formula is C11H12ClN5O3. The van der Waals surface area contributed by atoms with Crippen molar-refractivity contribution in [2.75, 3.05) is 5.73 Å². The SMILES string of the molecule is Nc1ncnc2c1ncn2[C@@H]1O[C@H](/C=C\Cl)[C@H](O)[C@@H]1O. The largest absolute Gasteiger partial charge is 0.387 e. The second-order valence-electron chi connectivity index (χ2n) is 4.37. The number of nitrogens with two attached hydrogens (primary N) is 1. The molecule has 0 radical (unpaired) electrons. The standard InChI is InChI=1S/C11H12ClN5O3/c12-2-1-5-7(18)8(19)11(20-5)17-4-16-6-9(13)14-3-15-10(6)17/h1-5,7-8,11,18-19H,(H2,13,14,15)/b2-1-/t5-,7+,8+,11-/m1/s1. The summed E-state index contributed by atoms with van der Waals surface area (Å²) in [7, 11) is 0. The molecule has 9 heteroatoms. The van der Waals surface area contributed by atoms with Crippen LogP contribution in [0.2, 0.25) is 0 Å². The van der Waals surface area contributed by atoms with Crippen LogP contribution in [0.3, 0.4) is 0 Å². The molecule has 0 spiro atoms. The summed E-state index contributed by atoms with van der Waals surface area (Å²) in [5, 5.41) is 20.0. The number of aliphatic hydroxyl groups excluding tert-OH is 2. The molecule has 20 heavy (non-hydrogen) atoms. The minimum Gasteiger partial charge on any atom is -0.387 e. The van der Waals surface area contributed by atoms with Crippen LogP contribution in [0.5, 0.6) is 0 Å². The maximum absolute atomic E-state index is 10.1. The predicted octanol–water partition coefficient (Wildman–Crippen LogP) is -0.220. The molecule has 106 valence electrons. The molecule has 1 aliphatic rings. The first-order chi connectivity index (χ1) is 9.63. The van der Waals surface area contributed by atoms with E-state index in [0.29, 0.717) is 11.2 Å². The molecule has 0 amide bonds. The quantitative estimate of drug-likeness (QED) is 0.701. The van der Waals surface area contributed by atoms with Crippen LogP contribution in [0.15, 0.2) is 24.3 Å². The van der Waals surface area contributed by atoms with Crippen molar-refractivity contribution in [3.05, 3.63) is 24.3 Å². The van der Waals surface area contributed by atoms with Crippen LogP contribution >= 0.6 is 11.6 Å². The Balaban J connectivity index is 2.02. The summed E-state index contributed by atoms with van der Waals surface area (Å²) < 4.78 is 7.07. The summed E-state index contributed by atoms with van der Waals surface area (Å²) in [6.07, 6.45) is 0.421. The van der Waals surface area contributed by atoms with Crippen molar-refractivity contribution < 1.29 is 14.9 Å². The molecule has 0 unspecified atom stereocenters. The summed E-state index contributed by atoms with van der Waals surface area (Å²) in [6, 6.07) is 0. The highest BCUT2D eigenvalue weighted by Crippen LogP contribution is 2.32. The van der Waals surface area contributed by atoms with Gasteiger partial charge in [-0.15, -0.1) is 0 Å². The van der Waals surface area contributed by atoms with Gasteiger partial charge in [0, 0.05) is 5.54 Å². The molecule has 2 aromatic rings. The van der Waals surface area contributed by atoms with E-state index in [1.807, 2.05) is 0 Å². The number of aliphatic hydroxyl groups is 2. The molecule has 3 rings (SSSR count). The lowest BCUT2D eigenvalue weighted by atomic mass is 10.1. The zero-order valence-corrected chi connectivity index (χ0v) is 10.9. The van der Waals surface area contributed by atoms with Crippen LogP contribution in [-0.4, -0.2) is 48.0 Å². The average Bonchev–Trinajstić information content (AvgIpc) is 2.97. The van der Waals surface area contributed by atoms with E-state index in [2.05, 4.69) is 15.0 Å². The number of ether oxygens (including phenoxy) is 1. The molecule has 0 aromatic carbocycles. The Morgan fingerprint density at radius 1 is 1.30 bits per heavy atom. The van der Waals surface area contributed by atoms with Gasteiger partial charge in [0.1, 0.15) is 30.2 Å². The molecule has 1 aliphatic heterocycles. The van der Waals surface area contributed by atoms with Gasteiger partial charge in [0.25, 0.3) is 0 Å². The Bertz CT molecular complexity index is 661. The molecule has 1 fully saturated rings. The zero-order valence-electron chi connectivity index (χ0n) is 10.2. The number of hydrogen-bond acceptors (Lipinski definition) is 7. The highest BCUT2D eigenvalue weighted by molar-refractivity contribution is 6.25. The molecule has 4 N–H and O–H groups in total. The maximum Gasteiger partial charge on any atom is 0.167 e. The Labute approximate surface area is 118 Å². The zero-order chi connectivity index (χ0) is 14.3. The van der Waals surface area contributed by atoms with E-state index in [1.165, 1.54) is 28.8 Å². The maximum atomic E-state index is 10.1. The van der Waals surface area contributed by atoms with Gasteiger partial charge < -0.3 is 20.7 Å². The Hall–Kier alpha value is -1.74. The number of nitrogen functional groups attached to an aromatic ring is 1. The monoisotopic (exact) mass is 297 g/mol. The second kappa shape index (κ2) is 4.98. The van der Waals surface area contributed by atoms with Gasteiger partial charge in [-0.3, -0.25) is 4.57 Å². The van der Waals surface area contributed by atoms with Gasteiger partial charge >= 0.3 is 0 Å². The summed E-state index contributed by atoms with van der Waals surface area (Å²) >= 11 is 5.47. The number of fused-ring (bicyclic) bond motifs is 1. The minimum atomic E-state index is -1.14. The van der Waals surface area contributed by atoms with E-state index in [9.17, 15) is 10.2 Å². The van der Waals surface area contributed by atoms with Crippen molar-refractivity contribution in [3.63, 3.8) is 0 Å². The molecule has 0 saturated carbocycles. The van der Waals surface area contributed by atoms with Gasteiger partial charge in [0.05, 0.1) is 6.33 Å². The Morgan fingerprint density at radius 2 is 2.10 bits per heavy atom. The normalized spacial score (nSPS) is 30.6. The molecule has 2 aromatic heterocycles. The number of imidazole rings is 1. The highest BCUT2D eigenvalue weighted by Gasteiger charge is 2.43. The topological polar surface area (TPSA) is 119 Å². The average molecular weight is 298 g/mol. The molecule has 3 heterocycles. The lowest BCUT2D eigenvalue weighted by Crippen LogP contribution is -2.30. The van der Waals surface area contributed by atoms with Gasteiger partial charge in [-0.1, -0.05) is 11.6 Å². The number of nitrogens with zero attached hydrogens (tertiary/aromatic N) is 4. The number of halogens is 1. The summed E-state index contributed by atoms with van der Waals surface area (Å²) in [5.74, 6) is 0.235. The minimum absolute atomic E-state index is 0.235. The number of rotatable bonds is 2. The molecule has 4 atom stereocenters. The third kappa shape index (κ3) is 1.93. The third-order valence-corrected chi connectivity index (χ3v) is 3.34. The fourth-order valence-electron chi connectivity index (χ4n) is 2.20. The molecule has 1 saturated heterocycles. The third-order valence-electron chi connectivity index (χ3n) is 3.20.